The Balaban J connectivity index is 2.08. The minimum absolute atomic E-state index is 0.147. The zero-order valence-corrected chi connectivity index (χ0v) is 12.1. The van der Waals surface area contributed by atoms with Gasteiger partial charge in [-0.05, 0) is 24.6 Å². The van der Waals surface area contributed by atoms with E-state index < -0.39 is 5.82 Å². The molecule has 1 atom stereocenters. The molecule has 5 heteroatoms. The van der Waals surface area contributed by atoms with Crippen molar-refractivity contribution in [3.8, 4) is 11.8 Å². The Morgan fingerprint density at radius 2 is 2.38 bits per heavy atom. The summed E-state index contributed by atoms with van der Waals surface area (Å²) in [6, 6.07) is 4.37. The Morgan fingerprint density at radius 1 is 1.57 bits per heavy atom. The molecule has 0 aliphatic carbocycles. The lowest BCUT2D eigenvalue weighted by atomic mass is 10.1. The van der Waals surface area contributed by atoms with Gasteiger partial charge in [-0.1, -0.05) is 11.8 Å². The van der Waals surface area contributed by atoms with Crippen LogP contribution in [0.5, 0.6) is 0 Å². The third kappa shape index (κ3) is 3.81. The van der Waals surface area contributed by atoms with Gasteiger partial charge in [0.2, 0.25) is 0 Å². The van der Waals surface area contributed by atoms with E-state index in [2.05, 4.69) is 11.8 Å². The summed E-state index contributed by atoms with van der Waals surface area (Å²) in [4.78, 5) is 14.1. The molecule has 0 spiro atoms. The zero-order valence-electron chi connectivity index (χ0n) is 12.1. The molecule has 0 saturated carbocycles. The van der Waals surface area contributed by atoms with Crippen LogP contribution in [0.4, 0.5) is 4.39 Å². The highest BCUT2D eigenvalue weighted by atomic mass is 19.1. The molecule has 0 bridgehead atoms. The fraction of sp³-hybridized carbons (Fsp3) is 0.438. The molecule has 0 aromatic heterocycles. The Labute approximate surface area is 124 Å². The molecule has 4 nitrogen and oxygen atoms in total. The van der Waals surface area contributed by atoms with Gasteiger partial charge in [-0.3, -0.25) is 4.79 Å². The van der Waals surface area contributed by atoms with Crippen LogP contribution in [-0.2, 0) is 4.74 Å². The fourth-order valence-electron chi connectivity index (χ4n) is 2.47. The van der Waals surface area contributed by atoms with E-state index in [1.165, 1.54) is 12.1 Å². The van der Waals surface area contributed by atoms with Crippen molar-refractivity contribution in [1.82, 2.24) is 4.90 Å². The number of carbonyl (C=O) groups excluding carboxylic acids is 1. The third-order valence-electron chi connectivity index (χ3n) is 3.52. The number of likely N-dealkylation sites (tertiary alicyclic amines) is 1. The Bertz CT molecular complexity index is 577. The van der Waals surface area contributed by atoms with Gasteiger partial charge in [0.25, 0.3) is 5.91 Å². The summed E-state index contributed by atoms with van der Waals surface area (Å²) in [5, 5.41) is 0. The number of nitrogens with two attached hydrogens (primary N) is 1. The first-order chi connectivity index (χ1) is 10.2. The zero-order chi connectivity index (χ0) is 15.2. The van der Waals surface area contributed by atoms with Gasteiger partial charge in [0.05, 0.1) is 18.7 Å². The minimum Gasteiger partial charge on any atom is -0.384 e. The largest absolute Gasteiger partial charge is 0.384 e. The molecule has 1 aliphatic rings. The predicted molar refractivity (Wildman–Crippen MR) is 78.2 cm³/mol. The van der Waals surface area contributed by atoms with E-state index in [0.717, 1.165) is 6.42 Å². The number of halogens is 1. The second-order valence-corrected chi connectivity index (χ2v) is 5.06. The van der Waals surface area contributed by atoms with Crippen molar-refractivity contribution in [3.63, 3.8) is 0 Å². The summed E-state index contributed by atoms with van der Waals surface area (Å²) in [5.74, 6) is 4.96. The Kier molecular flexibility index (Phi) is 5.32. The summed E-state index contributed by atoms with van der Waals surface area (Å²) in [6.07, 6.45) is 0.919. The highest BCUT2D eigenvalue weighted by molar-refractivity contribution is 5.94. The van der Waals surface area contributed by atoms with Crippen LogP contribution >= 0.6 is 0 Å². The number of ether oxygens (including phenoxy) is 1. The summed E-state index contributed by atoms with van der Waals surface area (Å²) in [7, 11) is 1.65. The summed E-state index contributed by atoms with van der Waals surface area (Å²) >= 11 is 0. The van der Waals surface area contributed by atoms with E-state index in [4.69, 9.17) is 10.5 Å². The van der Waals surface area contributed by atoms with Gasteiger partial charge in [0.15, 0.2) is 0 Å². The number of benzene rings is 1. The normalized spacial score (nSPS) is 17.5. The standard InChI is InChI=1S/C16H19FN2O2/c1-21-11-12-6-8-19(10-12)16(20)14-5-4-13(3-2-7-18)15(17)9-14/h4-5,9,12H,6-8,10-11,18H2,1H3. The minimum atomic E-state index is -0.491. The summed E-state index contributed by atoms with van der Waals surface area (Å²) in [6.45, 7) is 2.16. The lowest BCUT2D eigenvalue weighted by molar-refractivity contribution is 0.0775. The van der Waals surface area contributed by atoms with Gasteiger partial charge in [-0.15, -0.1) is 0 Å². The van der Waals surface area contributed by atoms with Crippen molar-refractivity contribution in [3.05, 3.63) is 35.1 Å². The van der Waals surface area contributed by atoms with E-state index in [0.29, 0.717) is 31.2 Å². The molecule has 112 valence electrons. The molecule has 2 N–H and O–H groups in total. The van der Waals surface area contributed by atoms with E-state index in [1.807, 2.05) is 0 Å². The lowest BCUT2D eigenvalue weighted by Gasteiger charge is -2.16. The average Bonchev–Trinajstić information content (AvgIpc) is 2.94. The number of carbonyl (C=O) groups is 1. The molecule has 2 rings (SSSR count). The van der Waals surface area contributed by atoms with E-state index in [1.54, 1.807) is 18.1 Å². The molecule has 1 amide bonds. The van der Waals surface area contributed by atoms with Gasteiger partial charge >= 0.3 is 0 Å². The highest BCUT2D eigenvalue weighted by Gasteiger charge is 2.27. The molecular weight excluding hydrogens is 271 g/mol. The van der Waals surface area contributed by atoms with E-state index >= 15 is 0 Å². The number of methoxy groups -OCH3 is 1. The molecule has 1 aromatic rings. The number of nitrogens with zero attached hydrogens (tertiary/aromatic N) is 1. The van der Waals surface area contributed by atoms with Crippen LogP contribution < -0.4 is 5.73 Å². The maximum Gasteiger partial charge on any atom is 0.253 e. The number of hydrogen-bond donors (Lipinski definition) is 1. The second-order valence-electron chi connectivity index (χ2n) is 5.06. The fourth-order valence-corrected chi connectivity index (χ4v) is 2.47. The monoisotopic (exact) mass is 290 g/mol. The van der Waals surface area contributed by atoms with Crippen LogP contribution in [0.2, 0.25) is 0 Å². The van der Waals surface area contributed by atoms with Crippen molar-refractivity contribution in [2.24, 2.45) is 11.7 Å². The molecule has 0 radical (unpaired) electrons. The quantitative estimate of drug-likeness (QED) is 0.852. The van der Waals surface area contributed by atoms with Gasteiger partial charge in [0, 0.05) is 31.7 Å². The lowest BCUT2D eigenvalue weighted by Crippen LogP contribution is -2.29. The Morgan fingerprint density at radius 3 is 3.05 bits per heavy atom. The van der Waals surface area contributed by atoms with E-state index in [9.17, 15) is 9.18 Å². The number of rotatable bonds is 3. The van der Waals surface area contributed by atoms with Crippen LogP contribution in [-0.4, -0.2) is 44.2 Å². The van der Waals surface area contributed by atoms with Crippen molar-refractivity contribution in [2.45, 2.75) is 6.42 Å². The average molecular weight is 290 g/mol. The molecule has 1 heterocycles. The van der Waals surface area contributed by atoms with Gasteiger partial charge < -0.3 is 15.4 Å². The molecule has 1 unspecified atom stereocenters. The number of amides is 1. The summed E-state index contributed by atoms with van der Waals surface area (Å²) in [5.41, 5.74) is 5.87. The summed E-state index contributed by atoms with van der Waals surface area (Å²) < 4.78 is 19.0. The first-order valence-corrected chi connectivity index (χ1v) is 6.92. The molecule has 1 aliphatic heterocycles. The maximum atomic E-state index is 13.9. The van der Waals surface area contributed by atoms with Gasteiger partial charge in [-0.2, -0.15) is 0 Å². The third-order valence-corrected chi connectivity index (χ3v) is 3.52. The molecule has 1 aromatic carbocycles. The SMILES string of the molecule is COCC1CCN(C(=O)c2ccc(C#CCN)c(F)c2)C1. The molecule has 1 fully saturated rings. The van der Waals surface area contributed by atoms with E-state index in [-0.39, 0.29) is 18.0 Å². The van der Waals surface area contributed by atoms with Crippen LogP contribution in [0.25, 0.3) is 0 Å². The van der Waals surface area contributed by atoms with Crippen molar-refractivity contribution in [2.75, 3.05) is 33.4 Å². The van der Waals surface area contributed by atoms with Crippen LogP contribution in [0.3, 0.4) is 0 Å². The van der Waals surface area contributed by atoms with Gasteiger partial charge in [-0.25, -0.2) is 4.39 Å². The Hall–Kier alpha value is -1.90. The van der Waals surface area contributed by atoms with Crippen molar-refractivity contribution in [1.29, 1.82) is 0 Å². The molecule has 1 saturated heterocycles. The highest BCUT2D eigenvalue weighted by Crippen LogP contribution is 2.20. The number of hydrogen-bond acceptors (Lipinski definition) is 3. The van der Waals surface area contributed by atoms with Crippen molar-refractivity contribution < 1.29 is 13.9 Å². The van der Waals surface area contributed by atoms with Crippen LogP contribution in [0, 0.1) is 23.6 Å². The molecular formula is C16H19FN2O2. The topological polar surface area (TPSA) is 55.6 Å². The van der Waals surface area contributed by atoms with Crippen LogP contribution in [0.15, 0.2) is 18.2 Å². The first-order valence-electron chi connectivity index (χ1n) is 6.92. The molecule has 21 heavy (non-hydrogen) atoms. The second kappa shape index (κ2) is 7.21. The van der Waals surface area contributed by atoms with Crippen LogP contribution in [0.1, 0.15) is 22.3 Å². The maximum absolute atomic E-state index is 13.9. The smallest absolute Gasteiger partial charge is 0.253 e. The van der Waals surface area contributed by atoms with Gasteiger partial charge in [0.1, 0.15) is 5.82 Å². The first kappa shape index (κ1) is 15.5. The van der Waals surface area contributed by atoms with Crippen molar-refractivity contribution >= 4 is 5.91 Å². The predicted octanol–water partition coefficient (Wildman–Crippen LogP) is 1.24.